The molecule has 0 aromatic carbocycles. The summed E-state index contributed by atoms with van der Waals surface area (Å²) in [6.07, 6.45) is 0.237. The molecule has 1 saturated heterocycles. The minimum atomic E-state index is 0.105. The van der Waals surface area contributed by atoms with Crippen LogP contribution in [0.2, 0.25) is 0 Å². The third-order valence-corrected chi connectivity index (χ3v) is 2.46. The number of hydrogen-bond acceptors (Lipinski definition) is 3. The first-order valence-corrected chi connectivity index (χ1v) is 5.25. The van der Waals surface area contributed by atoms with Crippen LogP contribution in [0.15, 0.2) is 0 Å². The first kappa shape index (κ1) is 11.5. The van der Waals surface area contributed by atoms with E-state index in [1.165, 1.54) is 0 Å². The number of nitrogens with one attached hydrogen (secondary N) is 1. The van der Waals surface area contributed by atoms with Gasteiger partial charge in [-0.2, -0.15) is 0 Å². The molecule has 2 atom stereocenters. The van der Waals surface area contributed by atoms with E-state index < -0.39 is 0 Å². The zero-order chi connectivity index (χ0) is 10.6. The molecule has 1 aliphatic heterocycles. The number of rotatable bonds is 3. The van der Waals surface area contributed by atoms with Crippen LogP contribution in [-0.4, -0.2) is 49.2 Å². The molecule has 1 rings (SSSR count). The Hall–Kier alpha value is -0.610. The highest BCUT2D eigenvalue weighted by Crippen LogP contribution is 2.10. The van der Waals surface area contributed by atoms with Crippen LogP contribution in [0.3, 0.4) is 0 Å². The lowest BCUT2D eigenvalue weighted by atomic mass is 10.2. The van der Waals surface area contributed by atoms with Gasteiger partial charge in [-0.25, -0.2) is 0 Å². The Labute approximate surface area is 85.6 Å². The third kappa shape index (κ3) is 3.27. The van der Waals surface area contributed by atoms with Crippen LogP contribution >= 0.6 is 0 Å². The molecule has 14 heavy (non-hydrogen) atoms. The van der Waals surface area contributed by atoms with Crippen molar-refractivity contribution in [2.75, 3.05) is 26.2 Å². The Morgan fingerprint density at radius 3 is 2.93 bits per heavy atom. The lowest BCUT2D eigenvalue weighted by Gasteiger charge is -2.36. The fourth-order valence-corrected chi connectivity index (χ4v) is 1.63. The second kappa shape index (κ2) is 5.32. The second-order valence-corrected chi connectivity index (χ2v) is 3.88. The van der Waals surface area contributed by atoms with E-state index in [-0.39, 0.29) is 12.0 Å². The summed E-state index contributed by atoms with van der Waals surface area (Å²) >= 11 is 0. The predicted octanol–water partition coefficient (Wildman–Crippen LogP) is 0.232. The van der Waals surface area contributed by atoms with Crippen LogP contribution in [0.4, 0.5) is 0 Å². The minimum absolute atomic E-state index is 0.105. The van der Waals surface area contributed by atoms with Gasteiger partial charge in [0.05, 0.1) is 19.3 Å². The number of nitrogens with zero attached hydrogens (tertiary/aromatic N) is 1. The highest BCUT2D eigenvalue weighted by atomic mass is 16.5. The zero-order valence-electron chi connectivity index (χ0n) is 9.25. The highest BCUT2D eigenvalue weighted by molar-refractivity contribution is 5.77. The first-order valence-electron chi connectivity index (χ1n) is 5.25. The second-order valence-electron chi connectivity index (χ2n) is 3.88. The number of carbonyl (C=O) groups is 1. The number of amides is 1. The van der Waals surface area contributed by atoms with Gasteiger partial charge in [0.25, 0.3) is 0 Å². The lowest BCUT2D eigenvalue weighted by molar-refractivity contribution is -0.125. The molecule has 1 heterocycles. The van der Waals surface area contributed by atoms with Gasteiger partial charge in [0, 0.05) is 19.1 Å². The van der Waals surface area contributed by atoms with Crippen molar-refractivity contribution in [2.45, 2.75) is 32.9 Å². The molecule has 0 spiro atoms. The summed E-state index contributed by atoms with van der Waals surface area (Å²) < 4.78 is 5.49. The van der Waals surface area contributed by atoms with Crippen molar-refractivity contribution < 1.29 is 9.53 Å². The molecular weight excluding hydrogens is 180 g/mol. The highest BCUT2D eigenvalue weighted by Gasteiger charge is 2.24. The van der Waals surface area contributed by atoms with Crippen molar-refractivity contribution in [3.63, 3.8) is 0 Å². The maximum absolute atomic E-state index is 11.4. The summed E-state index contributed by atoms with van der Waals surface area (Å²) in [5.74, 6) is 0.105. The van der Waals surface area contributed by atoms with Crippen molar-refractivity contribution in [3.05, 3.63) is 0 Å². The van der Waals surface area contributed by atoms with Gasteiger partial charge in [0.2, 0.25) is 5.91 Å². The molecule has 0 aromatic heterocycles. The quantitative estimate of drug-likeness (QED) is 0.709. The van der Waals surface area contributed by atoms with E-state index in [0.717, 1.165) is 13.2 Å². The average molecular weight is 200 g/mol. The summed E-state index contributed by atoms with van der Waals surface area (Å²) in [5, 5.41) is 2.81. The molecule has 0 bridgehead atoms. The van der Waals surface area contributed by atoms with E-state index in [4.69, 9.17) is 4.74 Å². The molecule has 0 radical (unpaired) electrons. The van der Waals surface area contributed by atoms with Gasteiger partial charge < -0.3 is 10.1 Å². The first-order chi connectivity index (χ1) is 6.63. The largest absolute Gasteiger partial charge is 0.376 e. The Balaban J connectivity index is 2.37. The van der Waals surface area contributed by atoms with Crippen LogP contribution in [0.5, 0.6) is 0 Å². The van der Waals surface area contributed by atoms with Crippen LogP contribution in [0, 0.1) is 0 Å². The molecule has 0 saturated carbocycles. The normalized spacial score (nSPS) is 28.8. The Morgan fingerprint density at radius 2 is 2.29 bits per heavy atom. The van der Waals surface area contributed by atoms with Gasteiger partial charge in [-0.15, -0.1) is 0 Å². The summed E-state index contributed by atoms with van der Waals surface area (Å²) in [4.78, 5) is 13.5. The Bertz CT molecular complexity index is 197. The van der Waals surface area contributed by atoms with Crippen LogP contribution in [0.1, 0.15) is 20.8 Å². The van der Waals surface area contributed by atoms with Crippen molar-refractivity contribution in [1.82, 2.24) is 10.2 Å². The molecule has 1 fully saturated rings. The molecule has 4 heteroatoms. The molecule has 0 aliphatic carbocycles. The van der Waals surface area contributed by atoms with E-state index in [9.17, 15) is 4.79 Å². The van der Waals surface area contributed by atoms with Gasteiger partial charge in [0.15, 0.2) is 0 Å². The summed E-state index contributed by atoms with van der Waals surface area (Å²) in [6.45, 7) is 8.82. The van der Waals surface area contributed by atoms with Gasteiger partial charge in [-0.3, -0.25) is 9.69 Å². The monoisotopic (exact) mass is 200 g/mol. The number of likely N-dealkylation sites (N-methyl/N-ethyl adjacent to an activating group) is 1. The van der Waals surface area contributed by atoms with Crippen LogP contribution < -0.4 is 5.32 Å². The van der Waals surface area contributed by atoms with E-state index in [2.05, 4.69) is 17.1 Å². The summed E-state index contributed by atoms with van der Waals surface area (Å²) in [5.41, 5.74) is 0. The Morgan fingerprint density at radius 1 is 1.57 bits per heavy atom. The maximum atomic E-state index is 11.4. The molecule has 4 nitrogen and oxygen atoms in total. The standard InChI is InChI=1S/C10H20N2O2/c1-4-11-10(13)6-12-5-9(3)14-7-8(12)2/h8-9H,4-7H2,1-3H3,(H,11,13)/t8-,9-/m1/s1. The van der Waals surface area contributed by atoms with E-state index in [1.54, 1.807) is 0 Å². The molecule has 0 aromatic rings. The number of morpholine rings is 1. The molecule has 82 valence electrons. The molecule has 0 unspecified atom stereocenters. The van der Waals surface area contributed by atoms with Crippen molar-refractivity contribution in [1.29, 1.82) is 0 Å². The van der Waals surface area contributed by atoms with Crippen LogP contribution in [0.25, 0.3) is 0 Å². The fourth-order valence-electron chi connectivity index (χ4n) is 1.63. The van der Waals surface area contributed by atoms with Crippen molar-refractivity contribution >= 4 is 5.91 Å². The van der Waals surface area contributed by atoms with Gasteiger partial charge >= 0.3 is 0 Å². The minimum Gasteiger partial charge on any atom is -0.376 e. The van der Waals surface area contributed by atoms with Crippen LogP contribution in [-0.2, 0) is 9.53 Å². The van der Waals surface area contributed by atoms with Gasteiger partial charge in [0.1, 0.15) is 0 Å². The molecule has 1 N–H and O–H groups in total. The summed E-state index contributed by atoms with van der Waals surface area (Å²) in [7, 11) is 0. The smallest absolute Gasteiger partial charge is 0.234 e. The van der Waals surface area contributed by atoms with E-state index in [1.807, 2.05) is 13.8 Å². The number of carbonyl (C=O) groups excluding carboxylic acids is 1. The average Bonchev–Trinajstić information content (AvgIpc) is 2.12. The van der Waals surface area contributed by atoms with Gasteiger partial charge in [-0.05, 0) is 20.8 Å². The van der Waals surface area contributed by atoms with E-state index >= 15 is 0 Å². The van der Waals surface area contributed by atoms with Crippen molar-refractivity contribution in [2.24, 2.45) is 0 Å². The molecule has 1 aliphatic rings. The molecular formula is C10H20N2O2. The number of ether oxygens (including phenoxy) is 1. The Kier molecular flexibility index (Phi) is 4.35. The topological polar surface area (TPSA) is 41.6 Å². The zero-order valence-corrected chi connectivity index (χ0v) is 9.25. The van der Waals surface area contributed by atoms with Crippen molar-refractivity contribution in [3.8, 4) is 0 Å². The SMILES string of the molecule is CCNC(=O)CN1C[C@@H](C)OC[C@H]1C. The molecule has 1 amide bonds. The predicted molar refractivity (Wildman–Crippen MR) is 55.1 cm³/mol. The summed E-state index contributed by atoms with van der Waals surface area (Å²) in [6, 6.07) is 0.341. The van der Waals surface area contributed by atoms with Gasteiger partial charge in [-0.1, -0.05) is 0 Å². The number of hydrogen-bond donors (Lipinski definition) is 1. The fraction of sp³-hybridized carbons (Fsp3) is 0.900. The lowest BCUT2D eigenvalue weighted by Crippen LogP contribution is -2.50. The maximum Gasteiger partial charge on any atom is 0.234 e. The van der Waals surface area contributed by atoms with E-state index in [0.29, 0.717) is 19.1 Å². The third-order valence-electron chi connectivity index (χ3n) is 2.46.